The number of hydrogen-bond acceptors (Lipinski definition) is 3. The minimum atomic E-state index is -0.779. The van der Waals surface area contributed by atoms with Crippen molar-refractivity contribution in [3.8, 4) is 0 Å². The van der Waals surface area contributed by atoms with Crippen LogP contribution in [0, 0.1) is 20.8 Å². The summed E-state index contributed by atoms with van der Waals surface area (Å²) < 4.78 is 0. The molecule has 1 aromatic carbocycles. The molecule has 0 saturated carbocycles. The van der Waals surface area contributed by atoms with E-state index in [0.717, 1.165) is 31.7 Å². The van der Waals surface area contributed by atoms with Gasteiger partial charge in [-0.2, -0.15) is 0 Å². The van der Waals surface area contributed by atoms with Gasteiger partial charge in [0.2, 0.25) is 0 Å². The molecule has 19 heavy (non-hydrogen) atoms. The van der Waals surface area contributed by atoms with Crippen molar-refractivity contribution in [3.63, 3.8) is 0 Å². The summed E-state index contributed by atoms with van der Waals surface area (Å²) >= 11 is 0. The Bertz CT molecular complexity index is 425. The summed E-state index contributed by atoms with van der Waals surface area (Å²) in [6.07, 6.45) is 0. The van der Waals surface area contributed by atoms with Crippen LogP contribution in [0.2, 0.25) is 0 Å². The molecule has 2 rings (SSSR count). The summed E-state index contributed by atoms with van der Waals surface area (Å²) in [5, 5.41) is 14.3. The summed E-state index contributed by atoms with van der Waals surface area (Å²) in [5.41, 5.74) is 3.96. The van der Waals surface area contributed by atoms with Gasteiger partial charge in [0, 0.05) is 32.7 Å². The summed E-state index contributed by atoms with van der Waals surface area (Å²) in [4.78, 5) is 2.34. The fraction of sp³-hybridized carbons (Fsp3) is 0.625. The maximum absolute atomic E-state index is 10.9. The number of rotatable bonds is 3. The molecular formula is C16H26N2O. The molecule has 0 radical (unpaired) electrons. The van der Waals surface area contributed by atoms with Crippen molar-refractivity contribution in [3.05, 3.63) is 34.4 Å². The monoisotopic (exact) mass is 262 g/mol. The highest BCUT2D eigenvalue weighted by atomic mass is 16.3. The van der Waals surface area contributed by atoms with Crippen LogP contribution in [0.4, 0.5) is 0 Å². The number of piperazine rings is 1. The molecule has 1 aliphatic rings. The van der Waals surface area contributed by atoms with E-state index in [1.807, 2.05) is 6.92 Å². The molecule has 1 saturated heterocycles. The van der Waals surface area contributed by atoms with E-state index in [1.54, 1.807) is 0 Å². The van der Waals surface area contributed by atoms with Gasteiger partial charge in [0.15, 0.2) is 0 Å². The zero-order valence-electron chi connectivity index (χ0n) is 12.6. The van der Waals surface area contributed by atoms with Gasteiger partial charge in [-0.1, -0.05) is 17.7 Å². The number of hydrogen-bond donors (Lipinski definition) is 2. The summed E-state index contributed by atoms with van der Waals surface area (Å²) in [6, 6.07) is 4.32. The van der Waals surface area contributed by atoms with Gasteiger partial charge in [-0.05, 0) is 44.4 Å². The highest BCUT2D eigenvalue weighted by Crippen LogP contribution is 2.29. The van der Waals surface area contributed by atoms with E-state index in [4.69, 9.17) is 0 Å². The minimum absolute atomic E-state index is 0.708. The van der Waals surface area contributed by atoms with E-state index in [-0.39, 0.29) is 0 Å². The predicted octanol–water partition coefficient (Wildman–Crippen LogP) is 1.72. The molecule has 0 bridgehead atoms. The maximum atomic E-state index is 10.9. The zero-order chi connectivity index (χ0) is 14.0. The fourth-order valence-corrected chi connectivity index (χ4v) is 3.41. The van der Waals surface area contributed by atoms with Crippen LogP contribution >= 0.6 is 0 Å². The first-order valence-corrected chi connectivity index (χ1v) is 7.14. The van der Waals surface area contributed by atoms with Crippen molar-refractivity contribution in [2.24, 2.45) is 0 Å². The summed E-state index contributed by atoms with van der Waals surface area (Å²) in [6.45, 7) is 13.0. The molecule has 1 atom stereocenters. The van der Waals surface area contributed by atoms with Crippen molar-refractivity contribution >= 4 is 0 Å². The van der Waals surface area contributed by atoms with Crippen LogP contribution in [-0.4, -0.2) is 42.7 Å². The Morgan fingerprint density at radius 3 is 2.21 bits per heavy atom. The summed E-state index contributed by atoms with van der Waals surface area (Å²) in [5.74, 6) is 0. The van der Waals surface area contributed by atoms with Crippen molar-refractivity contribution in [1.82, 2.24) is 10.2 Å². The second kappa shape index (κ2) is 5.61. The van der Waals surface area contributed by atoms with Gasteiger partial charge in [0.05, 0.1) is 5.60 Å². The molecule has 1 heterocycles. The Hall–Kier alpha value is -0.900. The number of benzene rings is 1. The average Bonchev–Trinajstić information content (AvgIpc) is 2.27. The Labute approximate surface area is 116 Å². The molecule has 3 heteroatoms. The van der Waals surface area contributed by atoms with Crippen LogP contribution < -0.4 is 5.32 Å². The molecule has 1 fully saturated rings. The predicted molar refractivity (Wildman–Crippen MR) is 79.5 cm³/mol. The summed E-state index contributed by atoms with van der Waals surface area (Å²) in [7, 11) is 0. The lowest BCUT2D eigenvalue weighted by molar-refractivity contribution is 0.0116. The lowest BCUT2D eigenvalue weighted by atomic mass is 9.86. The first kappa shape index (κ1) is 14.5. The van der Waals surface area contributed by atoms with Gasteiger partial charge in [0.1, 0.15) is 0 Å². The molecule has 1 unspecified atom stereocenters. The van der Waals surface area contributed by atoms with E-state index < -0.39 is 5.60 Å². The van der Waals surface area contributed by atoms with Crippen LogP contribution in [0.5, 0.6) is 0 Å². The molecule has 0 aliphatic carbocycles. The number of β-amino-alcohol motifs (C(OH)–C–C–N with tert-alkyl or cyclic N) is 1. The van der Waals surface area contributed by atoms with Crippen molar-refractivity contribution < 1.29 is 5.11 Å². The van der Waals surface area contributed by atoms with E-state index in [2.05, 4.69) is 43.1 Å². The highest BCUT2D eigenvalue weighted by Gasteiger charge is 2.29. The SMILES string of the molecule is Cc1cc(C)c(C(C)(O)CN2CCNCC2)c(C)c1. The Kier molecular flexibility index (Phi) is 4.29. The lowest BCUT2D eigenvalue weighted by Crippen LogP contribution is -2.49. The van der Waals surface area contributed by atoms with E-state index >= 15 is 0 Å². The van der Waals surface area contributed by atoms with Crippen LogP contribution in [0.3, 0.4) is 0 Å². The molecule has 0 spiro atoms. The molecule has 1 aromatic rings. The molecule has 0 amide bonds. The van der Waals surface area contributed by atoms with E-state index in [1.165, 1.54) is 16.7 Å². The van der Waals surface area contributed by atoms with Crippen LogP contribution in [0.15, 0.2) is 12.1 Å². The Morgan fingerprint density at radius 2 is 1.68 bits per heavy atom. The molecule has 3 nitrogen and oxygen atoms in total. The highest BCUT2D eigenvalue weighted by molar-refractivity contribution is 5.41. The third-order valence-corrected chi connectivity index (χ3v) is 3.96. The van der Waals surface area contributed by atoms with Crippen LogP contribution in [0.25, 0.3) is 0 Å². The van der Waals surface area contributed by atoms with E-state index in [9.17, 15) is 5.11 Å². The molecule has 1 aliphatic heterocycles. The Balaban J connectivity index is 2.23. The number of nitrogens with one attached hydrogen (secondary N) is 1. The zero-order valence-corrected chi connectivity index (χ0v) is 12.6. The second-order valence-electron chi connectivity index (χ2n) is 6.07. The van der Waals surface area contributed by atoms with Gasteiger partial charge in [-0.15, -0.1) is 0 Å². The molecule has 2 N–H and O–H groups in total. The first-order chi connectivity index (χ1) is 8.90. The molecular weight excluding hydrogens is 236 g/mol. The van der Waals surface area contributed by atoms with Gasteiger partial charge in [0.25, 0.3) is 0 Å². The van der Waals surface area contributed by atoms with Gasteiger partial charge in [-0.3, -0.25) is 4.90 Å². The third kappa shape index (κ3) is 3.35. The van der Waals surface area contributed by atoms with Gasteiger partial charge in [-0.25, -0.2) is 0 Å². The molecule has 106 valence electrons. The quantitative estimate of drug-likeness (QED) is 0.871. The second-order valence-corrected chi connectivity index (χ2v) is 6.07. The first-order valence-electron chi connectivity index (χ1n) is 7.14. The smallest absolute Gasteiger partial charge is 0.0999 e. The normalized spacial score (nSPS) is 20.3. The standard InChI is InChI=1S/C16H26N2O/c1-12-9-13(2)15(14(3)10-12)16(4,19)11-18-7-5-17-6-8-18/h9-10,17,19H,5-8,11H2,1-4H3. The molecule has 0 aromatic heterocycles. The van der Waals surface area contributed by atoms with Crippen molar-refractivity contribution in [2.75, 3.05) is 32.7 Å². The fourth-order valence-electron chi connectivity index (χ4n) is 3.41. The van der Waals surface area contributed by atoms with Crippen LogP contribution in [-0.2, 0) is 5.60 Å². The maximum Gasteiger partial charge on any atom is 0.0999 e. The van der Waals surface area contributed by atoms with Gasteiger partial charge >= 0.3 is 0 Å². The largest absolute Gasteiger partial charge is 0.384 e. The van der Waals surface area contributed by atoms with Crippen LogP contribution in [0.1, 0.15) is 29.2 Å². The van der Waals surface area contributed by atoms with E-state index in [0.29, 0.717) is 6.54 Å². The number of aliphatic hydroxyl groups is 1. The topological polar surface area (TPSA) is 35.5 Å². The van der Waals surface area contributed by atoms with Crippen molar-refractivity contribution in [1.29, 1.82) is 0 Å². The van der Waals surface area contributed by atoms with Crippen molar-refractivity contribution in [2.45, 2.75) is 33.3 Å². The third-order valence-electron chi connectivity index (χ3n) is 3.96. The average molecular weight is 262 g/mol. The lowest BCUT2D eigenvalue weighted by Gasteiger charge is -2.36. The Morgan fingerprint density at radius 1 is 1.16 bits per heavy atom. The minimum Gasteiger partial charge on any atom is -0.384 e. The van der Waals surface area contributed by atoms with Gasteiger partial charge < -0.3 is 10.4 Å². The number of aryl methyl sites for hydroxylation is 3. The number of nitrogens with zero attached hydrogens (tertiary/aromatic N) is 1.